The van der Waals surface area contributed by atoms with Crippen LogP contribution < -0.4 is 10.6 Å². The van der Waals surface area contributed by atoms with Gasteiger partial charge in [-0.1, -0.05) is 32.4 Å². The average Bonchev–Trinajstić information content (AvgIpc) is 3.37. The van der Waals surface area contributed by atoms with Gasteiger partial charge in [0.2, 0.25) is 0 Å². The van der Waals surface area contributed by atoms with Crippen LogP contribution in [0.15, 0.2) is 40.8 Å². The highest BCUT2D eigenvalue weighted by atomic mass is 35.5. The Bertz CT molecular complexity index is 1250. The van der Waals surface area contributed by atoms with Crippen molar-refractivity contribution in [2.24, 2.45) is 11.3 Å². The molecule has 2 N–H and O–H groups in total. The summed E-state index contributed by atoms with van der Waals surface area (Å²) in [5.41, 5.74) is 2.77. The van der Waals surface area contributed by atoms with Gasteiger partial charge in [0, 0.05) is 15.5 Å². The van der Waals surface area contributed by atoms with Crippen LogP contribution >= 0.6 is 35.2 Å². The third kappa shape index (κ3) is 5.14. The summed E-state index contributed by atoms with van der Waals surface area (Å²) in [6.45, 7) is 6.79. The van der Waals surface area contributed by atoms with Crippen molar-refractivity contribution in [2.45, 2.75) is 40.0 Å². The number of halogens is 1. The molecule has 8 heteroatoms. The molecule has 0 aliphatic heterocycles. The SMILES string of the molecule is CC(C)(C)C1CCc2c(sc(NC(=S)NC(=O)c3ccc(-c4ccc(Cl)cc4)o3)c2C#N)C1. The molecule has 2 heterocycles. The third-order valence-corrected chi connectivity index (χ3v) is 7.64. The number of benzene rings is 1. The van der Waals surface area contributed by atoms with E-state index in [0.717, 1.165) is 30.4 Å². The zero-order valence-electron chi connectivity index (χ0n) is 18.6. The van der Waals surface area contributed by atoms with Gasteiger partial charge in [-0.05, 0) is 84.8 Å². The Kier molecular flexibility index (Phi) is 6.62. The second-order valence-electron chi connectivity index (χ2n) is 9.20. The molecule has 1 amide bonds. The Morgan fingerprint density at radius 3 is 2.64 bits per heavy atom. The second-order valence-corrected chi connectivity index (χ2v) is 11.2. The van der Waals surface area contributed by atoms with Gasteiger partial charge >= 0.3 is 0 Å². The summed E-state index contributed by atoms with van der Waals surface area (Å²) in [6, 6.07) is 12.8. The number of furan rings is 1. The molecule has 0 fully saturated rings. The minimum absolute atomic E-state index is 0.131. The summed E-state index contributed by atoms with van der Waals surface area (Å²) >= 11 is 12.8. The van der Waals surface area contributed by atoms with E-state index in [-0.39, 0.29) is 16.3 Å². The molecule has 0 spiro atoms. The summed E-state index contributed by atoms with van der Waals surface area (Å²) in [7, 11) is 0. The molecule has 0 bridgehead atoms. The van der Waals surface area contributed by atoms with Gasteiger partial charge in [0.05, 0.1) is 5.56 Å². The molecule has 1 atom stereocenters. The lowest BCUT2D eigenvalue weighted by atomic mass is 9.72. The highest BCUT2D eigenvalue weighted by molar-refractivity contribution is 7.80. The van der Waals surface area contributed by atoms with E-state index in [1.165, 1.54) is 4.88 Å². The van der Waals surface area contributed by atoms with Crippen molar-refractivity contribution in [3.63, 3.8) is 0 Å². The van der Waals surface area contributed by atoms with Crippen molar-refractivity contribution in [2.75, 3.05) is 5.32 Å². The zero-order chi connectivity index (χ0) is 23.8. The van der Waals surface area contributed by atoms with E-state index in [2.05, 4.69) is 37.5 Å². The fourth-order valence-electron chi connectivity index (χ4n) is 4.06. The molecule has 0 saturated carbocycles. The van der Waals surface area contributed by atoms with E-state index < -0.39 is 5.91 Å². The molecule has 1 aromatic carbocycles. The first-order chi connectivity index (χ1) is 15.7. The predicted octanol–water partition coefficient (Wildman–Crippen LogP) is 6.81. The number of nitrogens with zero attached hydrogens (tertiary/aromatic N) is 1. The van der Waals surface area contributed by atoms with Crippen LogP contribution in [-0.2, 0) is 12.8 Å². The maximum absolute atomic E-state index is 12.6. The van der Waals surface area contributed by atoms with E-state index in [4.69, 9.17) is 28.2 Å². The van der Waals surface area contributed by atoms with Gasteiger partial charge in [-0.15, -0.1) is 11.3 Å². The Morgan fingerprint density at radius 2 is 1.97 bits per heavy atom. The van der Waals surface area contributed by atoms with Crippen LogP contribution in [0.2, 0.25) is 5.02 Å². The second kappa shape index (κ2) is 9.30. The Labute approximate surface area is 207 Å². The fraction of sp³-hybridized carbons (Fsp3) is 0.320. The lowest BCUT2D eigenvalue weighted by molar-refractivity contribution is 0.0951. The normalized spacial score (nSPS) is 15.4. The summed E-state index contributed by atoms with van der Waals surface area (Å²) in [5, 5.41) is 16.9. The van der Waals surface area contributed by atoms with Gasteiger partial charge in [-0.25, -0.2) is 0 Å². The van der Waals surface area contributed by atoms with Crippen molar-refractivity contribution in [3.8, 4) is 17.4 Å². The molecule has 4 rings (SSSR count). The molecule has 33 heavy (non-hydrogen) atoms. The summed E-state index contributed by atoms with van der Waals surface area (Å²) in [6.07, 6.45) is 2.91. The lowest BCUT2D eigenvalue weighted by Gasteiger charge is -2.33. The van der Waals surface area contributed by atoms with Crippen molar-refractivity contribution in [1.29, 1.82) is 5.26 Å². The number of nitrogens with one attached hydrogen (secondary N) is 2. The largest absolute Gasteiger partial charge is 0.451 e. The number of thiophene rings is 1. The number of anilines is 1. The highest BCUT2D eigenvalue weighted by Crippen LogP contribution is 2.44. The Balaban J connectivity index is 1.44. The van der Waals surface area contributed by atoms with Crippen LogP contribution in [0.25, 0.3) is 11.3 Å². The average molecular weight is 498 g/mol. The number of amides is 1. The first-order valence-corrected chi connectivity index (χ1v) is 12.3. The molecule has 170 valence electrons. The minimum atomic E-state index is -0.458. The highest BCUT2D eigenvalue weighted by Gasteiger charge is 2.32. The minimum Gasteiger partial charge on any atom is -0.451 e. The van der Waals surface area contributed by atoms with Crippen molar-refractivity contribution in [1.82, 2.24) is 5.32 Å². The number of hydrogen-bond donors (Lipinski definition) is 2. The monoisotopic (exact) mass is 497 g/mol. The number of hydrogen-bond acceptors (Lipinski definition) is 5. The number of carbonyl (C=O) groups is 1. The molecule has 1 aliphatic rings. The standard InChI is InChI=1S/C25H24ClN3O2S2/c1-25(2,3)15-6-9-17-18(13-27)23(33-21(17)12-15)29-24(32)28-22(30)20-11-10-19(31-20)14-4-7-16(26)8-5-14/h4-5,7-8,10-11,15H,6,9,12H2,1-3H3,(H2,28,29,30,32). The van der Waals surface area contributed by atoms with Gasteiger partial charge in [0.1, 0.15) is 16.8 Å². The van der Waals surface area contributed by atoms with Gasteiger partial charge < -0.3 is 9.73 Å². The quantitative estimate of drug-likeness (QED) is 0.388. The van der Waals surface area contributed by atoms with Gasteiger partial charge in [-0.3, -0.25) is 10.1 Å². The number of nitriles is 1. The van der Waals surface area contributed by atoms with Crippen LogP contribution in [-0.4, -0.2) is 11.0 Å². The summed E-state index contributed by atoms with van der Waals surface area (Å²) < 4.78 is 5.68. The molecule has 2 aromatic heterocycles. The van der Waals surface area contributed by atoms with Gasteiger partial charge in [-0.2, -0.15) is 5.26 Å². The molecule has 0 saturated heterocycles. The first-order valence-electron chi connectivity index (χ1n) is 10.7. The van der Waals surface area contributed by atoms with E-state index in [1.807, 2.05) is 12.1 Å². The van der Waals surface area contributed by atoms with E-state index in [9.17, 15) is 10.1 Å². The number of carbonyl (C=O) groups excluding carboxylic acids is 1. The molecular weight excluding hydrogens is 474 g/mol. The Hall–Kier alpha value is -2.66. The summed E-state index contributed by atoms with van der Waals surface area (Å²) in [5.74, 6) is 0.814. The van der Waals surface area contributed by atoms with Crippen molar-refractivity contribution >= 4 is 51.2 Å². The van der Waals surface area contributed by atoms with Crippen molar-refractivity contribution < 1.29 is 9.21 Å². The van der Waals surface area contributed by atoms with Gasteiger partial charge in [0.15, 0.2) is 10.9 Å². The Morgan fingerprint density at radius 1 is 1.24 bits per heavy atom. The third-order valence-electron chi connectivity index (χ3n) is 6.01. The van der Waals surface area contributed by atoms with Crippen LogP contribution in [0.1, 0.15) is 53.8 Å². The van der Waals surface area contributed by atoms with Gasteiger partial charge in [0.25, 0.3) is 5.91 Å². The predicted molar refractivity (Wildman–Crippen MR) is 137 cm³/mol. The van der Waals surface area contributed by atoms with E-state index >= 15 is 0 Å². The number of rotatable bonds is 3. The zero-order valence-corrected chi connectivity index (χ0v) is 21.0. The fourth-order valence-corrected chi connectivity index (χ4v) is 5.73. The van der Waals surface area contributed by atoms with E-state index in [0.29, 0.717) is 27.3 Å². The summed E-state index contributed by atoms with van der Waals surface area (Å²) in [4.78, 5) is 13.9. The molecule has 3 aromatic rings. The molecule has 1 unspecified atom stereocenters. The van der Waals surface area contributed by atoms with E-state index in [1.54, 1.807) is 35.6 Å². The molecule has 5 nitrogen and oxygen atoms in total. The molecule has 1 aliphatic carbocycles. The maximum atomic E-state index is 12.6. The smallest absolute Gasteiger partial charge is 0.293 e. The topological polar surface area (TPSA) is 78.1 Å². The van der Waals surface area contributed by atoms with Crippen LogP contribution in [0.5, 0.6) is 0 Å². The lowest BCUT2D eigenvalue weighted by Crippen LogP contribution is -2.33. The van der Waals surface area contributed by atoms with Crippen LogP contribution in [0.4, 0.5) is 5.00 Å². The maximum Gasteiger partial charge on any atom is 0.293 e. The van der Waals surface area contributed by atoms with Crippen LogP contribution in [0.3, 0.4) is 0 Å². The molecular formula is C25H24ClN3O2S2. The van der Waals surface area contributed by atoms with Crippen LogP contribution in [0, 0.1) is 22.7 Å². The van der Waals surface area contributed by atoms with Crippen molar-refractivity contribution in [3.05, 3.63) is 63.2 Å². The first kappa shape index (κ1) is 23.5. The number of thiocarbonyl (C=S) groups is 1. The number of fused-ring (bicyclic) bond motifs is 1. The molecule has 0 radical (unpaired) electrons.